The van der Waals surface area contributed by atoms with Gasteiger partial charge in [0.25, 0.3) is 0 Å². The van der Waals surface area contributed by atoms with E-state index < -0.39 is 0 Å². The number of benzene rings is 1. The zero-order valence-corrected chi connectivity index (χ0v) is 11.7. The van der Waals surface area contributed by atoms with E-state index in [9.17, 15) is 0 Å². The Morgan fingerprint density at radius 3 is 2.86 bits per heavy atom. The van der Waals surface area contributed by atoms with Crippen molar-refractivity contribution in [3.63, 3.8) is 0 Å². The minimum atomic E-state index is 0.529. The summed E-state index contributed by atoms with van der Waals surface area (Å²) in [5.41, 5.74) is 1.62. The van der Waals surface area contributed by atoms with Crippen molar-refractivity contribution in [3.8, 4) is 17.3 Å². The fourth-order valence-corrected chi connectivity index (χ4v) is 2.01. The van der Waals surface area contributed by atoms with Crippen LogP contribution < -0.4 is 4.74 Å². The molecule has 2 aromatic heterocycles. The molecule has 108 valence electrons. The third-order valence-electron chi connectivity index (χ3n) is 3.02. The van der Waals surface area contributed by atoms with Gasteiger partial charge in [-0.15, -0.1) is 0 Å². The van der Waals surface area contributed by atoms with E-state index in [-0.39, 0.29) is 0 Å². The second-order valence-electron chi connectivity index (χ2n) is 4.43. The predicted octanol–water partition coefficient (Wildman–Crippen LogP) is 2.44. The molecule has 0 saturated carbocycles. The molecule has 0 atom stereocenters. The van der Waals surface area contributed by atoms with Gasteiger partial charge in [-0.2, -0.15) is 5.10 Å². The predicted molar refractivity (Wildman–Crippen MR) is 79.1 cm³/mol. The van der Waals surface area contributed by atoms with Gasteiger partial charge in [-0.3, -0.25) is 5.10 Å². The summed E-state index contributed by atoms with van der Waals surface area (Å²) in [6, 6.07) is 9.76. The van der Waals surface area contributed by atoms with Crippen LogP contribution in [0.1, 0.15) is 6.92 Å². The van der Waals surface area contributed by atoms with Crippen LogP contribution in [0.5, 0.6) is 5.75 Å². The highest BCUT2D eigenvalue weighted by molar-refractivity contribution is 5.82. The molecule has 0 aliphatic heterocycles. The Morgan fingerprint density at radius 1 is 1.14 bits per heavy atom. The number of ether oxygens (including phenoxy) is 2. The highest BCUT2D eigenvalue weighted by atomic mass is 16.5. The van der Waals surface area contributed by atoms with E-state index in [1.807, 2.05) is 37.3 Å². The van der Waals surface area contributed by atoms with E-state index in [2.05, 4.69) is 20.2 Å². The van der Waals surface area contributed by atoms with Crippen LogP contribution in [-0.4, -0.2) is 40.0 Å². The molecule has 0 amide bonds. The van der Waals surface area contributed by atoms with E-state index in [4.69, 9.17) is 9.47 Å². The van der Waals surface area contributed by atoms with Gasteiger partial charge in [0.2, 0.25) is 0 Å². The molecule has 2 heterocycles. The van der Waals surface area contributed by atoms with E-state index in [0.717, 1.165) is 22.3 Å². The van der Waals surface area contributed by atoms with Crippen molar-refractivity contribution in [2.45, 2.75) is 6.92 Å². The van der Waals surface area contributed by atoms with Crippen LogP contribution >= 0.6 is 0 Å². The summed E-state index contributed by atoms with van der Waals surface area (Å²) in [6.07, 6.45) is 1.47. The average Bonchev–Trinajstić information content (AvgIpc) is 3.05. The molecule has 3 aromatic rings. The summed E-state index contributed by atoms with van der Waals surface area (Å²) in [4.78, 5) is 8.69. The largest absolute Gasteiger partial charge is 0.491 e. The highest BCUT2D eigenvalue weighted by Gasteiger charge is 2.05. The zero-order chi connectivity index (χ0) is 14.5. The fourth-order valence-electron chi connectivity index (χ4n) is 2.01. The maximum Gasteiger partial charge on any atom is 0.174 e. The van der Waals surface area contributed by atoms with E-state index >= 15 is 0 Å². The molecule has 3 rings (SSSR count). The molecule has 0 bridgehead atoms. The quantitative estimate of drug-likeness (QED) is 0.704. The standard InChI is InChI=1S/C15H16N4O2/c1-2-20-7-8-21-12-5-3-11-4-6-13(18-14(11)9-12)15-16-10-17-19-15/h3-6,9-10H,2,7-8H2,1H3,(H,16,17,19). The van der Waals surface area contributed by atoms with Crippen molar-refractivity contribution in [2.24, 2.45) is 0 Å². The molecule has 0 saturated heterocycles. The maximum atomic E-state index is 5.65. The van der Waals surface area contributed by atoms with Crippen molar-refractivity contribution in [1.82, 2.24) is 20.2 Å². The van der Waals surface area contributed by atoms with Gasteiger partial charge in [-0.25, -0.2) is 9.97 Å². The molecule has 0 radical (unpaired) electrons. The lowest BCUT2D eigenvalue weighted by atomic mass is 10.2. The SMILES string of the molecule is CCOCCOc1ccc2ccc(-c3ncn[nH]3)nc2c1. The molecular weight excluding hydrogens is 268 g/mol. The van der Waals surface area contributed by atoms with Gasteiger partial charge in [0.15, 0.2) is 5.82 Å². The third kappa shape index (κ3) is 3.17. The molecule has 0 aliphatic rings. The molecule has 0 aliphatic carbocycles. The Labute approximate surface area is 122 Å². The second-order valence-corrected chi connectivity index (χ2v) is 4.43. The number of aromatic nitrogens is 4. The Hall–Kier alpha value is -2.47. The number of aromatic amines is 1. The van der Waals surface area contributed by atoms with E-state index in [0.29, 0.717) is 25.6 Å². The van der Waals surface area contributed by atoms with Gasteiger partial charge in [0.05, 0.1) is 12.1 Å². The summed E-state index contributed by atoms with van der Waals surface area (Å²) in [5.74, 6) is 1.43. The Bertz CT molecular complexity index is 713. The van der Waals surface area contributed by atoms with Crippen LogP contribution in [0.4, 0.5) is 0 Å². The van der Waals surface area contributed by atoms with Crippen molar-refractivity contribution >= 4 is 10.9 Å². The summed E-state index contributed by atoms with van der Waals surface area (Å²) in [6.45, 7) is 3.77. The normalized spacial score (nSPS) is 10.9. The Kier molecular flexibility index (Phi) is 4.07. The van der Waals surface area contributed by atoms with E-state index in [1.165, 1.54) is 6.33 Å². The van der Waals surface area contributed by atoms with Gasteiger partial charge in [-0.1, -0.05) is 6.07 Å². The van der Waals surface area contributed by atoms with Crippen molar-refractivity contribution in [3.05, 3.63) is 36.7 Å². The van der Waals surface area contributed by atoms with Crippen molar-refractivity contribution < 1.29 is 9.47 Å². The Balaban J connectivity index is 1.82. The molecule has 21 heavy (non-hydrogen) atoms. The van der Waals surface area contributed by atoms with Crippen LogP contribution in [0.2, 0.25) is 0 Å². The van der Waals surface area contributed by atoms with Crippen molar-refractivity contribution in [2.75, 3.05) is 19.8 Å². The van der Waals surface area contributed by atoms with Crippen LogP contribution in [-0.2, 0) is 4.74 Å². The summed E-state index contributed by atoms with van der Waals surface area (Å²) >= 11 is 0. The average molecular weight is 284 g/mol. The lowest BCUT2D eigenvalue weighted by Crippen LogP contribution is -2.06. The van der Waals surface area contributed by atoms with Crippen molar-refractivity contribution in [1.29, 1.82) is 0 Å². The van der Waals surface area contributed by atoms with Gasteiger partial charge >= 0.3 is 0 Å². The van der Waals surface area contributed by atoms with E-state index in [1.54, 1.807) is 0 Å². The monoisotopic (exact) mass is 284 g/mol. The molecular formula is C15H16N4O2. The first-order valence-corrected chi connectivity index (χ1v) is 6.84. The number of hydrogen-bond donors (Lipinski definition) is 1. The lowest BCUT2D eigenvalue weighted by molar-refractivity contribution is 0.110. The molecule has 0 unspecified atom stereocenters. The third-order valence-corrected chi connectivity index (χ3v) is 3.02. The number of pyridine rings is 1. The zero-order valence-electron chi connectivity index (χ0n) is 11.7. The second kappa shape index (κ2) is 6.32. The molecule has 6 heteroatoms. The summed E-state index contributed by atoms with van der Waals surface area (Å²) in [7, 11) is 0. The first-order chi connectivity index (χ1) is 10.4. The number of H-pyrrole nitrogens is 1. The lowest BCUT2D eigenvalue weighted by Gasteiger charge is -2.07. The van der Waals surface area contributed by atoms with Crippen LogP contribution in [0, 0.1) is 0 Å². The Morgan fingerprint density at radius 2 is 2.05 bits per heavy atom. The number of rotatable bonds is 6. The molecule has 6 nitrogen and oxygen atoms in total. The molecule has 0 spiro atoms. The number of hydrogen-bond acceptors (Lipinski definition) is 5. The smallest absolute Gasteiger partial charge is 0.174 e. The first kappa shape index (κ1) is 13.5. The molecule has 0 fully saturated rings. The maximum absolute atomic E-state index is 5.65. The first-order valence-electron chi connectivity index (χ1n) is 6.84. The topological polar surface area (TPSA) is 72.9 Å². The van der Waals surface area contributed by atoms with Gasteiger partial charge in [0.1, 0.15) is 24.4 Å². The number of nitrogens with one attached hydrogen (secondary N) is 1. The van der Waals surface area contributed by atoms with Crippen LogP contribution in [0.25, 0.3) is 22.4 Å². The number of fused-ring (bicyclic) bond motifs is 1. The van der Waals surface area contributed by atoms with Gasteiger partial charge < -0.3 is 9.47 Å². The minimum Gasteiger partial charge on any atom is -0.491 e. The fraction of sp³-hybridized carbons (Fsp3) is 0.267. The minimum absolute atomic E-state index is 0.529. The summed E-state index contributed by atoms with van der Waals surface area (Å²) in [5, 5.41) is 7.70. The van der Waals surface area contributed by atoms with Crippen LogP contribution in [0.15, 0.2) is 36.7 Å². The molecule has 1 aromatic carbocycles. The van der Waals surface area contributed by atoms with Crippen LogP contribution in [0.3, 0.4) is 0 Å². The highest BCUT2D eigenvalue weighted by Crippen LogP contribution is 2.22. The van der Waals surface area contributed by atoms with Gasteiger partial charge in [-0.05, 0) is 25.1 Å². The number of nitrogens with zero attached hydrogens (tertiary/aromatic N) is 3. The van der Waals surface area contributed by atoms with Gasteiger partial charge in [0, 0.05) is 18.1 Å². The summed E-state index contributed by atoms with van der Waals surface area (Å²) < 4.78 is 10.9. The molecule has 1 N–H and O–H groups in total.